The number of nitrogens with zero attached hydrogens (tertiary/aromatic N) is 1. The molecule has 15 heavy (non-hydrogen) atoms. The molecule has 1 aromatic carbocycles. The van der Waals surface area contributed by atoms with Gasteiger partial charge in [-0.15, -0.1) is 0 Å². The van der Waals surface area contributed by atoms with E-state index in [0.717, 1.165) is 5.56 Å². The first kappa shape index (κ1) is 9.39. The summed E-state index contributed by atoms with van der Waals surface area (Å²) in [4.78, 5) is 3.99. The largest absolute Gasteiger partial charge is 0.495 e. The number of anilines is 2. The van der Waals surface area contributed by atoms with E-state index in [0.29, 0.717) is 17.1 Å². The smallest absolute Gasteiger partial charge is 0.292 e. The van der Waals surface area contributed by atoms with Crippen LogP contribution in [0.1, 0.15) is 0 Å². The SMILES string of the molecule is COc1ccc(-c2coc(N)n2)cc1N. The number of hydrogen-bond donors (Lipinski definition) is 2. The van der Waals surface area contributed by atoms with Gasteiger partial charge >= 0.3 is 0 Å². The third kappa shape index (κ3) is 1.71. The molecule has 0 saturated heterocycles. The van der Waals surface area contributed by atoms with E-state index in [-0.39, 0.29) is 6.01 Å². The molecule has 0 unspecified atom stereocenters. The van der Waals surface area contributed by atoms with E-state index in [9.17, 15) is 0 Å². The molecule has 0 fully saturated rings. The Morgan fingerprint density at radius 2 is 2.13 bits per heavy atom. The Hall–Kier alpha value is -2.17. The minimum absolute atomic E-state index is 0.138. The number of methoxy groups -OCH3 is 1. The minimum atomic E-state index is 0.138. The quantitative estimate of drug-likeness (QED) is 0.725. The Balaban J connectivity index is 2.42. The van der Waals surface area contributed by atoms with Crippen molar-refractivity contribution in [2.45, 2.75) is 0 Å². The predicted molar refractivity (Wildman–Crippen MR) is 57.3 cm³/mol. The Kier molecular flexibility index (Phi) is 2.21. The molecule has 0 aliphatic carbocycles. The van der Waals surface area contributed by atoms with E-state index in [2.05, 4.69) is 4.98 Å². The van der Waals surface area contributed by atoms with Gasteiger partial charge in [0.25, 0.3) is 6.01 Å². The van der Waals surface area contributed by atoms with Crippen molar-refractivity contribution in [3.63, 3.8) is 0 Å². The average Bonchev–Trinajstić information content (AvgIpc) is 2.65. The highest BCUT2D eigenvalue weighted by atomic mass is 16.5. The monoisotopic (exact) mass is 205 g/mol. The summed E-state index contributed by atoms with van der Waals surface area (Å²) in [7, 11) is 1.57. The Morgan fingerprint density at radius 3 is 2.67 bits per heavy atom. The fourth-order valence-electron chi connectivity index (χ4n) is 1.31. The summed E-state index contributed by atoms with van der Waals surface area (Å²) < 4.78 is 9.96. The zero-order chi connectivity index (χ0) is 10.8. The molecule has 1 heterocycles. The lowest BCUT2D eigenvalue weighted by Crippen LogP contribution is -1.92. The molecule has 2 rings (SSSR count). The zero-order valence-corrected chi connectivity index (χ0v) is 8.23. The molecule has 0 atom stereocenters. The average molecular weight is 205 g/mol. The number of nitrogens with two attached hydrogens (primary N) is 2. The van der Waals surface area contributed by atoms with Gasteiger partial charge in [0.1, 0.15) is 17.7 Å². The van der Waals surface area contributed by atoms with E-state index in [1.165, 1.54) is 6.26 Å². The maximum Gasteiger partial charge on any atom is 0.292 e. The minimum Gasteiger partial charge on any atom is -0.495 e. The summed E-state index contributed by atoms with van der Waals surface area (Å²) in [6.45, 7) is 0. The van der Waals surface area contributed by atoms with Gasteiger partial charge in [-0.1, -0.05) is 0 Å². The third-order valence-electron chi connectivity index (χ3n) is 2.05. The first-order valence-electron chi connectivity index (χ1n) is 4.35. The van der Waals surface area contributed by atoms with Gasteiger partial charge < -0.3 is 20.6 Å². The molecular weight excluding hydrogens is 194 g/mol. The molecular formula is C10H11N3O2. The number of oxazole rings is 1. The van der Waals surface area contributed by atoms with Crippen LogP contribution < -0.4 is 16.2 Å². The first-order valence-corrected chi connectivity index (χ1v) is 4.35. The molecule has 0 aliphatic heterocycles. The van der Waals surface area contributed by atoms with Crippen molar-refractivity contribution in [3.8, 4) is 17.0 Å². The number of rotatable bonds is 2. The fraction of sp³-hybridized carbons (Fsp3) is 0.100. The van der Waals surface area contributed by atoms with Crippen LogP contribution in [0.2, 0.25) is 0 Å². The van der Waals surface area contributed by atoms with Gasteiger partial charge in [-0.3, -0.25) is 0 Å². The zero-order valence-electron chi connectivity index (χ0n) is 8.23. The third-order valence-corrected chi connectivity index (χ3v) is 2.05. The number of ether oxygens (including phenoxy) is 1. The normalized spacial score (nSPS) is 10.2. The topological polar surface area (TPSA) is 87.3 Å². The fourth-order valence-corrected chi connectivity index (χ4v) is 1.31. The maximum atomic E-state index is 5.76. The number of nitrogen functional groups attached to an aromatic ring is 2. The Morgan fingerprint density at radius 1 is 1.33 bits per heavy atom. The van der Waals surface area contributed by atoms with E-state index in [1.807, 2.05) is 6.07 Å². The first-order chi connectivity index (χ1) is 7.20. The maximum absolute atomic E-state index is 5.76. The summed E-state index contributed by atoms with van der Waals surface area (Å²) in [6, 6.07) is 5.51. The molecule has 0 spiro atoms. The van der Waals surface area contributed by atoms with Crippen LogP contribution in [-0.4, -0.2) is 12.1 Å². The van der Waals surface area contributed by atoms with Crippen LogP contribution in [0.15, 0.2) is 28.9 Å². The molecule has 2 aromatic rings. The second kappa shape index (κ2) is 3.53. The van der Waals surface area contributed by atoms with Crippen LogP contribution in [0.4, 0.5) is 11.7 Å². The van der Waals surface area contributed by atoms with E-state index < -0.39 is 0 Å². The molecule has 78 valence electrons. The van der Waals surface area contributed by atoms with Crippen LogP contribution in [-0.2, 0) is 0 Å². The van der Waals surface area contributed by atoms with Crippen LogP contribution in [0.25, 0.3) is 11.3 Å². The molecule has 0 radical (unpaired) electrons. The summed E-state index contributed by atoms with van der Waals surface area (Å²) in [6.07, 6.45) is 1.48. The lowest BCUT2D eigenvalue weighted by molar-refractivity contribution is 0.417. The molecule has 4 N–H and O–H groups in total. The highest BCUT2D eigenvalue weighted by Crippen LogP contribution is 2.27. The molecule has 5 nitrogen and oxygen atoms in total. The van der Waals surface area contributed by atoms with Crippen molar-refractivity contribution < 1.29 is 9.15 Å². The lowest BCUT2D eigenvalue weighted by Gasteiger charge is -2.04. The molecule has 5 heteroatoms. The lowest BCUT2D eigenvalue weighted by atomic mass is 10.1. The van der Waals surface area contributed by atoms with Crippen molar-refractivity contribution in [2.75, 3.05) is 18.6 Å². The van der Waals surface area contributed by atoms with Crippen LogP contribution in [0.3, 0.4) is 0 Å². The van der Waals surface area contributed by atoms with Gasteiger partial charge in [0.05, 0.1) is 12.8 Å². The van der Waals surface area contributed by atoms with Crippen LogP contribution in [0, 0.1) is 0 Å². The van der Waals surface area contributed by atoms with Crippen molar-refractivity contribution in [3.05, 3.63) is 24.5 Å². The van der Waals surface area contributed by atoms with Gasteiger partial charge in [0.15, 0.2) is 0 Å². The Labute approximate surface area is 86.7 Å². The summed E-state index contributed by atoms with van der Waals surface area (Å²) in [5.74, 6) is 0.634. The van der Waals surface area contributed by atoms with Crippen molar-refractivity contribution in [1.82, 2.24) is 4.98 Å². The number of aromatic nitrogens is 1. The molecule has 0 saturated carbocycles. The van der Waals surface area contributed by atoms with Crippen molar-refractivity contribution >= 4 is 11.7 Å². The summed E-state index contributed by atoms with van der Waals surface area (Å²) >= 11 is 0. The highest BCUT2D eigenvalue weighted by molar-refractivity contribution is 5.68. The van der Waals surface area contributed by atoms with Crippen LogP contribution >= 0.6 is 0 Å². The van der Waals surface area contributed by atoms with E-state index >= 15 is 0 Å². The van der Waals surface area contributed by atoms with E-state index in [1.54, 1.807) is 19.2 Å². The number of hydrogen-bond acceptors (Lipinski definition) is 5. The standard InChI is InChI=1S/C10H11N3O2/c1-14-9-3-2-6(4-7(9)11)8-5-15-10(12)13-8/h2-5H,11H2,1H3,(H2,12,13). The van der Waals surface area contributed by atoms with Gasteiger partial charge in [0, 0.05) is 5.56 Å². The molecule has 0 bridgehead atoms. The Bertz CT molecular complexity index is 479. The second-order valence-electron chi connectivity index (χ2n) is 3.03. The molecule has 1 aromatic heterocycles. The van der Waals surface area contributed by atoms with Gasteiger partial charge in [-0.25, -0.2) is 0 Å². The number of benzene rings is 1. The summed E-state index contributed by atoms with van der Waals surface area (Å²) in [5.41, 5.74) is 13.2. The molecule has 0 amide bonds. The molecule has 0 aliphatic rings. The van der Waals surface area contributed by atoms with Gasteiger partial charge in [0.2, 0.25) is 0 Å². The summed E-state index contributed by atoms with van der Waals surface area (Å²) in [5, 5.41) is 0. The predicted octanol–water partition coefficient (Wildman–Crippen LogP) is 1.51. The second-order valence-corrected chi connectivity index (χ2v) is 3.03. The van der Waals surface area contributed by atoms with Crippen molar-refractivity contribution in [1.29, 1.82) is 0 Å². The van der Waals surface area contributed by atoms with E-state index in [4.69, 9.17) is 20.6 Å². The van der Waals surface area contributed by atoms with Crippen LogP contribution in [0.5, 0.6) is 5.75 Å². The van der Waals surface area contributed by atoms with Gasteiger partial charge in [-0.05, 0) is 18.2 Å². The van der Waals surface area contributed by atoms with Gasteiger partial charge in [-0.2, -0.15) is 4.98 Å². The van der Waals surface area contributed by atoms with Crippen molar-refractivity contribution in [2.24, 2.45) is 0 Å². The highest BCUT2D eigenvalue weighted by Gasteiger charge is 2.06.